The van der Waals surface area contributed by atoms with Crippen molar-refractivity contribution in [2.75, 3.05) is 23.8 Å². The van der Waals surface area contributed by atoms with Crippen molar-refractivity contribution < 1.29 is 9.13 Å². The summed E-state index contributed by atoms with van der Waals surface area (Å²) in [5, 5.41) is 5.94. The third kappa shape index (κ3) is 4.55. The monoisotopic (exact) mass is 291 g/mol. The van der Waals surface area contributed by atoms with E-state index in [1.165, 1.54) is 12.1 Å². The third-order valence-corrected chi connectivity index (χ3v) is 2.47. The van der Waals surface area contributed by atoms with E-state index in [1.807, 2.05) is 13.8 Å². The molecule has 0 aliphatic carbocycles. The lowest BCUT2D eigenvalue weighted by atomic mass is 10.3. The quantitative estimate of drug-likeness (QED) is 0.817. The number of aromatic nitrogens is 3. The van der Waals surface area contributed by atoms with Gasteiger partial charge in [-0.25, -0.2) is 4.39 Å². The molecule has 2 N–H and O–H groups in total. The van der Waals surface area contributed by atoms with Crippen LogP contribution in [0.1, 0.15) is 20.3 Å². The average molecular weight is 291 g/mol. The number of nitrogens with zero attached hydrogens (tertiary/aromatic N) is 3. The lowest BCUT2D eigenvalue weighted by molar-refractivity contribution is 0.292. The maximum atomic E-state index is 13.2. The van der Waals surface area contributed by atoms with Gasteiger partial charge in [-0.05, 0) is 31.5 Å². The van der Waals surface area contributed by atoms with Gasteiger partial charge in [0, 0.05) is 12.2 Å². The van der Waals surface area contributed by atoms with E-state index >= 15 is 0 Å². The second-order valence-corrected chi connectivity index (χ2v) is 4.28. The summed E-state index contributed by atoms with van der Waals surface area (Å²) in [7, 11) is 0. The van der Waals surface area contributed by atoms with Crippen LogP contribution in [0.15, 0.2) is 24.3 Å². The van der Waals surface area contributed by atoms with E-state index in [1.54, 1.807) is 12.1 Å². The minimum Gasteiger partial charge on any atom is -0.463 e. The van der Waals surface area contributed by atoms with Gasteiger partial charge in [-0.3, -0.25) is 0 Å². The molecule has 0 aliphatic heterocycles. The summed E-state index contributed by atoms with van der Waals surface area (Å²) >= 11 is 0. The van der Waals surface area contributed by atoms with Crippen LogP contribution in [-0.4, -0.2) is 28.1 Å². The van der Waals surface area contributed by atoms with E-state index in [0.29, 0.717) is 30.7 Å². The van der Waals surface area contributed by atoms with Gasteiger partial charge in [0.15, 0.2) is 0 Å². The highest BCUT2D eigenvalue weighted by Gasteiger charge is 2.07. The fourth-order valence-corrected chi connectivity index (χ4v) is 1.60. The molecule has 21 heavy (non-hydrogen) atoms. The van der Waals surface area contributed by atoms with Gasteiger partial charge in [-0.2, -0.15) is 15.0 Å². The summed E-state index contributed by atoms with van der Waals surface area (Å²) in [4.78, 5) is 12.5. The van der Waals surface area contributed by atoms with Crippen molar-refractivity contribution >= 4 is 17.6 Å². The Hall–Kier alpha value is -2.44. The Balaban J connectivity index is 2.22. The average Bonchev–Trinajstić information content (AvgIpc) is 2.45. The number of ether oxygens (including phenoxy) is 1. The van der Waals surface area contributed by atoms with Gasteiger partial charge in [0.2, 0.25) is 11.9 Å². The second-order valence-electron chi connectivity index (χ2n) is 4.28. The zero-order valence-corrected chi connectivity index (χ0v) is 12.1. The maximum absolute atomic E-state index is 13.2. The Bertz CT molecular complexity index is 593. The van der Waals surface area contributed by atoms with E-state index in [9.17, 15) is 4.39 Å². The van der Waals surface area contributed by atoms with Crippen molar-refractivity contribution in [3.63, 3.8) is 0 Å². The molecule has 0 fully saturated rings. The van der Waals surface area contributed by atoms with Crippen molar-refractivity contribution in [2.45, 2.75) is 20.3 Å². The van der Waals surface area contributed by atoms with Crippen LogP contribution < -0.4 is 15.4 Å². The molecule has 6 nitrogen and oxygen atoms in total. The molecule has 112 valence electrons. The number of hydrogen-bond donors (Lipinski definition) is 2. The topological polar surface area (TPSA) is 72.0 Å². The molecule has 2 aromatic rings. The fraction of sp³-hybridized carbons (Fsp3) is 0.357. The highest BCUT2D eigenvalue weighted by molar-refractivity contribution is 5.54. The smallest absolute Gasteiger partial charge is 0.323 e. The molecule has 0 unspecified atom stereocenters. The second kappa shape index (κ2) is 7.37. The van der Waals surface area contributed by atoms with Gasteiger partial charge in [-0.15, -0.1) is 0 Å². The highest BCUT2D eigenvalue weighted by atomic mass is 19.1. The molecule has 1 aromatic carbocycles. The largest absolute Gasteiger partial charge is 0.463 e. The Kier molecular flexibility index (Phi) is 5.25. The SMILES string of the molecule is CCCOc1nc(NCC)nc(Nc2cccc(F)c2)n1. The molecule has 0 spiro atoms. The van der Waals surface area contributed by atoms with Gasteiger partial charge in [0.25, 0.3) is 0 Å². The van der Waals surface area contributed by atoms with Gasteiger partial charge in [0.1, 0.15) is 5.82 Å². The van der Waals surface area contributed by atoms with E-state index < -0.39 is 0 Å². The Morgan fingerprint density at radius 2 is 1.95 bits per heavy atom. The fourth-order valence-electron chi connectivity index (χ4n) is 1.60. The molecule has 0 atom stereocenters. The first-order valence-electron chi connectivity index (χ1n) is 6.86. The van der Waals surface area contributed by atoms with Crippen LogP contribution in [-0.2, 0) is 0 Å². The predicted molar refractivity (Wildman–Crippen MR) is 79.5 cm³/mol. The molecular weight excluding hydrogens is 273 g/mol. The molecule has 0 bridgehead atoms. The van der Waals surface area contributed by atoms with E-state index in [2.05, 4.69) is 25.6 Å². The first-order chi connectivity index (χ1) is 10.2. The molecule has 1 aromatic heterocycles. The summed E-state index contributed by atoms with van der Waals surface area (Å²) in [5.74, 6) is 0.388. The number of rotatable bonds is 7. The van der Waals surface area contributed by atoms with Crippen LogP contribution >= 0.6 is 0 Å². The van der Waals surface area contributed by atoms with Crippen LogP contribution in [0.25, 0.3) is 0 Å². The number of benzene rings is 1. The lowest BCUT2D eigenvalue weighted by Crippen LogP contribution is -2.09. The minimum absolute atomic E-state index is 0.238. The molecule has 1 heterocycles. The van der Waals surface area contributed by atoms with Crippen LogP contribution in [0, 0.1) is 5.82 Å². The summed E-state index contributed by atoms with van der Waals surface area (Å²) in [6.07, 6.45) is 0.856. The summed E-state index contributed by atoms with van der Waals surface area (Å²) in [5.41, 5.74) is 0.560. The van der Waals surface area contributed by atoms with Crippen molar-refractivity contribution in [1.29, 1.82) is 0 Å². The van der Waals surface area contributed by atoms with Crippen LogP contribution in [0.5, 0.6) is 6.01 Å². The first-order valence-corrected chi connectivity index (χ1v) is 6.86. The first kappa shape index (κ1) is 15.0. The van der Waals surface area contributed by atoms with Gasteiger partial charge in [0.05, 0.1) is 6.61 Å². The van der Waals surface area contributed by atoms with E-state index in [0.717, 1.165) is 6.42 Å². The van der Waals surface area contributed by atoms with Crippen molar-refractivity contribution in [2.24, 2.45) is 0 Å². The van der Waals surface area contributed by atoms with Crippen molar-refractivity contribution in [1.82, 2.24) is 15.0 Å². The number of halogens is 1. The van der Waals surface area contributed by atoms with Gasteiger partial charge in [-0.1, -0.05) is 13.0 Å². The van der Waals surface area contributed by atoms with Crippen LogP contribution in [0.4, 0.5) is 22.0 Å². The summed E-state index contributed by atoms with van der Waals surface area (Å²) < 4.78 is 18.6. The maximum Gasteiger partial charge on any atom is 0.323 e. The number of hydrogen-bond acceptors (Lipinski definition) is 6. The molecule has 0 saturated carbocycles. The summed E-state index contributed by atoms with van der Waals surface area (Å²) in [6, 6.07) is 6.31. The molecule has 0 radical (unpaired) electrons. The van der Waals surface area contributed by atoms with E-state index in [4.69, 9.17) is 4.74 Å². The van der Waals surface area contributed by atoms with Crippen LogP contribution in [0.2, 0.25) is 0 Å². The molecular formula is C14H18FN5O. The molecule has 2 rings (SSSR count). The van der Waals surface area contributed by atoms with Crippen LogP contribution in [0.3, 0.4) is 0 Å². The van der Waals surface area contributed by atoms with Crippen molar-refractivity contribution in [3.05, 3.63) is 30.1 Å². The Morgan fingerprint density at radius 3 is 2.67 bits per heavy atom. The molecule has 7 heteroatoms. The Labute approximate surface area is 122 Å². The van der Waals surface area contributed by atoms with Crippen molar-refractivity contribution in [3.8, 4) is 6.01 Å². The molecule has 0 saturated heterocycles. The Morgan fingerprint density at radius 1 is 1.14 bits per heavy atom. The third-order valence-electron chi connectivity index (χ3n) is 2.47. The predicted octanol–water partition coefficient (Wildman–Crippen LogP) is 2.97. The standard InChI is InChI=1S/C14H18FN5O/c1-3-8-21-14-19-12(16-4-2)18-13(20-14)17-11-7-5-6-10(15)9-11/h5-7,9H,3-4,8H2,1-2H3,(H2,16,17,18,19,20). The zero-order chi connectivity index (χ0) is 15.1. The molecule has 0 amide bonds. The zero-order valence-electron chi connectivity index (χ0n) is 12.1. The summed E-state index contributed by atoms with van der Waals surface area (Å²) in [6.45, 7) is 5.14. The number of anilines is 3. The van der Waals surface area contributed by atoms with Gasteiger partial charge < -0.3 is 15.4 Å². The minimum atomic E-state index is -0.330. The van der Waals surface area contributed by atoms with E-state index in [-0.39, 0.29) is 11.8 Å². The lowest BCUT2D eigenvalue weighted by Gasteiger charge is -2.09. The molecule has 0 aliphatic rings. The normalized spacial score (nSPS) is 10.2. The van der Waals surface area contributed by atoms with Gasteiger partial charge >= 0.3 is 6.01 Å². The highest BCUT2D eigenvalue weighted by Crippen LogP contribution is 2.17. The number of nitrogens with one attached hydrogen (secondary N) is 2.